The van der Waals surface area contributed by atoms with E-state index in [1.807, 2.05) is 36.2 Å². The molecule has 1 aromatic heterocycles. The largest absolute Gasteiger partial charge is 0.490 e. The Labute approximate surface area is 170 Å². The number of aromatic nitrogens is 2. The summed E-state index contributed by atoms with van der Waals surface area (Å²) in [6.07, 6.45) is 2.81. The fourth-order valence-electron chi connectivity index (χ4n) is 2.67. The summed E-state index contributed by atoms with van der Waals surface area (Å²) in [5.41, 5.74) is -1.09. The van der Waals surface area contributed by atoms with Gasteiger partial charge >= 0.3 is 16.9 Å². The van der Waals surface area contributed by atoms with E-state index < -0.39 is 21.9 Å². The van der Waals surface area contributed by atoms with Crippen molar-refractivity contribution >= 4 is 17.8 Å². The number of hydrogen-bond acceptors (Lipinski definition) is 6. The van der Waals surface area contributed by atoms with E-state index in [2.05, 4.69) is 4.98 Å². The number of nitrogens with one attached hydrogen (secondary N) is 2. The Morgan fingerprint density at radius 2 is 1.67 bits per heavy atom. The molecule has 30 heavy (non-hydrogen) atoms. The third-order valence-corrected chi connectivity index (χ3v) is 4.11. The maximum Gasteiger partial charge on any atom is 0.357 e. The monoisotopic (exact) mass is 409 g/mol. The molecule has 0 saturated carbocycles. The Morgan fingerprint density at radius 3 is 2.40 bits per heavy atom. The lowest BCUT2D eigenvalue weighted by atomic mass is 10.1. The maximum absolute atomic E-state index is 11.7. The molecule has 154 valence electrons. The molecular weight excluding hydrogens is 390 g/mol. The fraction of sp³-hybridized carbons (Fsp3) is 0.143. The van der Waals surface area contributed by atoms with Crippen LogP contribution in [0.4, 0.5) is 5.69 Å². The van der Waals surface area contributed by atoms with Gasteiger partial charge in [-0.05, 0) is 37.3 Å². The van der Waals surface area contributed by atoms with Crippen molar-refractivity contribution in [3.8, 4) is 11.5 Å². The number of aryl methyl sites for hydroxylation is 1. The number of nitro groups is 1. The van der Waals surface area contributed by atoms with Crippen molar-refractivity contribution in [1.82, 2.24) is 9.97 Å². The van der Waals surface area contributed by atoms with Crippen LogP contribution in [0, 0.1) is 17.0 Å². The van der Waals surface area contributed by atoms with E-state index in [0.717, 1.165) is 11.3 Å². The Balaban J connectivity index is 1.71. The maximum atomic E-state index is 11.7. The van der Waals surface area contributed by atoms with Gasteiger partial charge in [-0.15, -0.1) is 0 Å². The van der Waals surface area contributed by atoms with Crippen molar-refractivity contribution in [2.24, 2.45) is 0 Å². The second kappa shape index (κ2) is 9.37. The summed E-state index contributed by atoms with van der Waals surface area (Å²) in [7, 11) is 0. The van der Waals surface area contributed by atoms with Crippen LogP contribution in [0.15, 0.2) is 58.1 Å². The molecule has 0 unspecified atom stereocenters. The normalized spacial score (nSPS) is 10.8. The van der Waals surface area contributed by atoms with Crippen LogP contribution in [-0.2, 0) is 0 Å². The average molecular weight is 409 g/mol. The summed E-state index contributed by atoms with van der Waals surface area (Å²) in [6.45, 7) is 2.60. The van der Waals surface area contributed by atoms with E-state index in [0.29, 0.717) is 17.9 Å². The van der Waals surface area contributed by atoms with Crippen LogP contribution in [-0.4, -0.2) is 28.1 Å². The van der Waals surface area contributed by atoms with E-state index >= 15 is 0 Å². The predicted molar refractivity (Wildman–Crippen MR) is 112 cm³/mol. The molecule has 3 aromatic rings. The van der Waals surface area contributed by atoms with Crippen LogP contribution in [0.3, 0.4) is 0 Å². The van der Waals surface area contributed by atoms with E-state index in [9.17, 15) is 19.7 Å². The standard InChI is InChI=1S/C21H19N3O6/c1-14-6-9-16(10-7-14)29-12-13-30-18-5-3-2-4-15(18)8-11-17-19(24(27)28)20(25)23-21(26)22-17/h2-11H,12-13H2,1H3,(H2,22,23,25,26)/b11-8+. The van der Waals surface area contributed by atoms with Crippen LogP contribution in [0.25, 0.3) is 12.2 Å². The molecule has 1 heterocycles. The Hall–Kier alpha value is -4.14. The molecule has 0 aliphatic heterocycles. The van der Waals surface area contributed by atoms with Gasteiger partial charge in [-0.3, -0.25) is 19.9 Å². The minimum Gasteiger partial charge on any atom is -0.490 e. The first-order chi connectivity index (χ1) is 14.4. The quantitative estimate of drug-likeness (QED) is 0.335. The van der Waals surface area contributed by atoms with Gasteiger partial charge < -0.3 is 14.5 Å². The molecule has 9 nitrogen and oxygen atoms in total. The van der Waals surface area contributed by atoms with Gasteiger partial charge in [-0.1, -0.05) is 35.9 Å². The van der Waals surface area contributed by atoms with Gasteiger partial charge in [0, 0.05) is 5.56 Å². The second-order valence-electron chi connectivity index (χ2n) is 6.31. The molecule has 0 bridgehead atoms. The number of benzene rings is 2. The summed E-state index contributed by atoms with van der Waals surface area (Å²) in [6, 6.07) is 14.7. The van der Waals surface area contributed by atoms with Crippen molar-refractivity contribution in [3.05, 3.63) is 96.3 Å². The SMILES string of the molecule is Cc1ccc(OCCOc2ccccc2/C=C/c2[nH]c(=O)[nH]c(=O)c2[N+](=O)[O-])cc1. The average Bonchev–Trinajstić information content (AvgIpc) is 2.71. The van der Waals surface area contributed by atoms with Crippen LogP contribution < -0.4 is 20.7 Å². The molecule has 9 heteroatoms. The fourth-order valence-corrected chi connectivity index (χ4v) is 2.67. The van der Waals surface area contributed by atoms with Gasteiger partial charge in [0.1, 0.15) is 30.4 Å². The molecule has 0 aliphatic rings. The van der Waals surface area contributed by atoms with Crippen molar-refractivity contribution in [1.29, 1.82) is 0 Å². The van der Waals surface area contributed by atoms with Gasteiger partial charge in [0.05, 0.1) is 4.92 Å². The minimum atomic E-state index is -1.07. The summed E-state index contributed by atoms with van der Waals surface area (Å²) < 4.78 is 11.4. The van der Waals surface area contributed by atoms with Gasteiger partial charge in [0.15, 0.2) is 0 Å². The number of ether oxygens (including phenoxy) is 2. The number of rotatable bonds is 8. The van der Waals surface area contributed by atoms with Crippen molar-refractivity contribution in [2.75, 3.05) is 13.2 Å². The lowest BCUT2D eigenvalue weighted by molar-refractivity contribution is -0.386. The zero-order valence-corrected chi connectivity index (χ0v) is 16.1. The van der Waals surface area contributed by atoms with Crippen molar-refractivity contribution < 1.29 is 14.4 Å². The molecule has 0 saturated heterocycles. The molecular formula is C21H19N3O6. The molecule has 0 atom stereocenters. The molecule has 0 radical (unpaired) electrons. The Kier molecular flexibility index (Phi) is 6.43. The Morgan fingerprint density at radius 1 is 0.967 bits per heavy atom. The number of aromatic amines is 2. The number of nitrogens with zero attached hydrogens (tertiary/aromatic N) is 1. The van der Waals surface area contributed by atoms with E-state index in [4.69, 9.17) is 9.47 Å². The first-order valence-electron chi connectivity index (χ1n) is 9.04. The molecule has 3 rings (SSSR count). The molecule has 0 spiro atoms. The predicted octanol–water partition coefficient (Wildman–Crippen LogP) is 2.91. The molecule has 2 N–H and O–H groups in total. The summed E-state index contributed by atoms with van der Waals surface area (Å²) >= 11 is 0. The summed E-state index contributed by atoms with van der Waals surface area (Å²) in [5.74, 6) is 1.26. The van der Waals surface area contributed by atoms with Crippen LogP contribution in [0.1, 0.15) is 16.8 Å². The van der Waals surface area contributed by atoms with Gasteiger partial charge in [0.2, 0.25) is 0 Å². The minimum absolute atomic E-state index is 0.203. The van der Waals surface area contributed by atoms with Crippen LogP contribution in [0.5, 0.6) is 11.5 Å². The lowest BCUT2D eigenvalue weighted by Gasteiger charge is -2.10. The highest BCUT2D eigenvalue weighted by Crippen LogP contribution is 2.21. The highest BCUT2D eigenvalue weighted by atomic mass is 16.6. The van der Waals surface area contributed by atoms with E-state index in [-0.39, 0.29) is 12.3 Å². The highest BCUT2D eigenvalue weighted by molar-refractivity contribution is 5.74. The molecule has 2 aromatic carbocycles. The van der Waals surface area contributed by atoms with Crippen molar-refractivity contribution in [3.63, 3.8) is 0 Å². The van der Waals surface area contributed by atoms with Crippen molar-refractivity contribution in [2.45, 2.75) is 6.92 Å². The number of para-hydroxylation sites is 1. The van der Waals surface area contributed by atoms with Gasteiger partial charge in [-0.2, -0.15) is 0 Å². The highest BCUT2D eigenvalue weighted by Gasteiger charge is 2.18. The Bertz CT molecular complexity index is 1180. The van der Waals surface area contributed by atoms with Crippen LogP contribution >= 0.6 is 0 Å². The third kappa shape index (κ3) is 5.22. The van der Waals surface area contributed by atoms with Crippen LogP contribution in [0.2, 0.25) is 0 Å². The third-order valence-electron chi connectivity index (χ3n) is 4.11. The number of hydrogen-bond donors (Lipinski definition) is 2. The second-order valence-corrected chi connectivity index (χ2v) is 6.31. The first-order valence-corrected chi connectivity index (χ1v) is 9.04. The van der Waals surface area contributed by atoms with Gasteiger partial charge in [0.25, 0.3) is 0 Å². The first kappa shape index (κ1) is 20.6. The molecule has 0 amide bonds. The topological polar surface area (TPSA) is 127 Å². The van der Waals surface area contributed by atoms with E-state index in [1.165, 1.54) is 12.2 Å². The molecule has 0 aliphatic carbocycles. The zero-order chi connectivity index (χ0) is 21.5. The number of H-pyrrole nitrogens is 2. The zero-order valence-electron chi connectivity index (χ0n) is 16.1. The summed E-state index contributed by atoms with van der Waals surface area (Å²) in [4.78, 5) is 37.6. The van der Waals surface area contributed by atoms with Gasteiger partial charge in [-0.25, -0.2) is 4.79 Å². The van der Waals surface area contributed by atoms with E-state index in [1.54, 1.807) is 24.3 Å². The molecule has 0 fully saturated rings. The lowest BCUT2D eigenvalue weighted by Crippen LogP contribution is -2.25. The summed E-state index contributed by atoms with van der Waals surface area (Å²) in [5, 5.41) is 11.1. The smallest absolute Gasteiger partial charge is 0.357 e.